The first kappa shape index (κ1) is 15.1. The Morgan fingerprint density at radius 2 is 1.95 bits per heavy atom. The van der Waals surface area contributed by atoms with Gasteiger partial charge in [0.05, 0.1) is 5.56 Å². The van der Waals surface area contributed by atoms with Crippen molar-refractivity contribution in [1.29, 1.82) is 0 Å². The van der Waals surface area contributed by atoms with Crippen LogP contribution in [0.5, 0.6) is 0 Å². The predicted octanol–water partition coefficient (Wildman–Crippen LogP) is 4.47. The third-order valence-electron chi connectivity index (χ3n) is 3.08. The Kier molecular flexibility index (Phi) is 5.01. The number of carboxylic acid groups (broad SMARTS) is 1. The molecule has 108 valence electrons. The average molecular weight is 302 g/mol. The van der Waals surface area contributed by atoms with Crippen molar-refractivity contribution < 1.29 is 9.90 Å². The molecule has 0 fully saturated rings. The molecule has 0 saturated carbocycles. The SMILES string of the molecule is Cc1ccc(C(=O)O)cc1NC/C=C/c1ccc(Cl)cc1. The van der Waals surface area contributed by atoms with Gasteiger partial charge in [-0.1, -0.05) is 42.0 Å². The van der Waals surface area contributed by atoms with E-state index in [1.165, 1.54) is 0 Å². The fraction of sp³-hybridized carbons (Fsp3) is 0.118. The van der Waals surface area contributed by atoms with Crippen molar-refractivity contribution >= 4 is 29.3 Å². The normalized spacial score (nSPS) is 10.8. The summed E-state index contributed by atoms with van der Waals surface area (Å²) in [7, 11) is 0. The molecule has 0 saturated heterocycles. The molecular formula is C17H16ClNO2. The number of benzene rings is 2. The summed E-state index contributed by atoms with van der Waals surface area (Å²) in [6, 6.07) is 12.6. The van der Waals surface area contributed by atoms with E-state index < -0.39 is 5.97 Å². The van der Waals surface area contributed by atoms with E-state index in [4.69, 9.17) is 16.7 Å². The molecule has 0 aliphatic heterocycles. The smallest absolute Gasteiger partial charge is 0.335 e. The maximum Gasteiger partial charge on any atom is 0.335 e. The van der Waals surface area contributed by atoms with Gasteiger partial charge in [0.2, 0.25) is 0 Å². The third kappa shape index (κ3) is 4.36. The van der Waals surface area contributed by atoms with E-state index in [2.05, 4.69) is 5.32 Å². The summed E-state index contributed by atoms with van der Waals surface area (Å²) in [5.41, 5.74) is 3.19. The molecule has 2 aromatic carbocycles. The molecule has 2 rings (SSSR count). The van der Waals surface area contributed by atoms with Gasteiger partial charge in [0.25, 0.3) is 0 Å². The lowest BCUT2D eigenvalue weighted by Crippen LogP contribution is -2.03. The van der Waals surface area contributed by atoms with Crippen molar-refractivity contribution in [2.24, 2.45) is 0 Å². The number of carboxylic acids is 1. The maximum atomic E-state index is 11.0. The van der Waals surface area contributed by atoms with E-state index in [1.807, 2.05) is 43.3 Å². The Morgan fingerprint density at radius 1 is 1.24 bits per heavy atom. The summed E-state index contributed by atoms with van der Waals surface area (Å²) >= 11 is 5.83. The highest BCUT2D eigenvalue weighted by Crippen LogP contribution is 2.17. The largest absolute Gasteiger partial charge is 0.478 e. The van der Waals surface area contributed by atoms with Crippen LogP contribution in [0.3, 0.4) is 0 Å². The molecule has 2 aromatic rings. The Bertz CT molecular complexity index is 663. The minimum Gasteiger partial charge on any atom is -0.478 e. The second-order valence-electron chi connectivity index (χ2n) is 4.67. The number of hydrogen-bond acceptors (Lipinski definition) is 2. The highest BCUT2D eigenvalue weighted by molar-refractivity contribution is 6.30. The molecule has 21 heavy (non-hydrogen) atoms. The molecule has 2 N–H and O–H groups in total. The number of carbonyl (C=O) groups is 1. The molecule has 0 aromatic heterocycles. The van der Waals surface area contributed by atoms with E-state index in [0.29, 0.717) is 11.6 Å². The number of aryl methyl sites for hydroxylation is 1. The van der Waals surface area contributed by atoms with Gasteiger partial charge in [-0.2, -0.15) is 0 Å². The molecule has 0 bridgehead atoms. The summed E-state index contributed by atoms with van der Waals surface area (Å²) in [4.78, 5) is 11.0. The predicted molar refractivity (Wildman–Crippen MR) is 87.1 cm³/mol. The average Bonchev–Trinajstić information content (AvgIpc) is 2.47. The van der Waals surface area contributed by atoms with E-state index in [0.717, 1.165) is 16.8 Å². The molecule has 0 amide bonds. The third-order valence-corrected chi connectivity index (χ3v) is 3.33. The van der Waals surface area contributed by atoms with Crippen LogP contribution in [0.2, 0.25) is 5.02 Å². The van der Waals surface area contributed by atoms with Crippen molar-refractivity contribution in [3.05, 3.63) is 70.3 Å². The molecule has 0 aliphatic rings. The maximum absolute atomic E-state index is 11.0. The lowest BCUT2D eigenvalue weighted by atomic mass is 10.1. The molecule has 3 nitrogen and oxygen atoms in total. The van der Waals surface area contributed by atoms with Crippen molar-refractivity contribution in [3.8, 4) is 0 Å². The second kappa shape index (κ2) is 6.95. The van der Waals surface area contributed by atoms with Crippen molar-refractivity contribution in [2.45, 2.75) is 6.92 Å². The Balaban J connectivity index is 1.98. The zero-order valence-corrected chi connectivity index (χ0v) is 12.4. The zero-order valence-electron chi connectivity index (χ0n) is 11.6. The van der Waals surface area contributed by atoms with Crippen LogP contribution in [-0.4, -0.2) is 17.6 Å². The Hall–Kier alpha value is -2.26. The van der Waals surface area contributed by atoms with Crippen molar-refractivity contribution in [2.75, 3.05) is 11.9 Å². The van der Waals surface area contributed by atoms with E-state index in [-0.39, 0.29) is 5.56 Å². The first-order valence-electron chi connectivity index (χ1n) is 6.56. The van der Waals surface area contributed by atoms with Crippen molar-refractivity contribution in [1.82, 2.24) is 0 Å². The van der Waals surface area contributed by atoms with Crippen LogP contribution in [0, 0.1) is 6.92 Å². The number of nitrogens with one attached hydrogen (secondary N) is 1. The lowest BCUT2D eigenvalue weighted by Gasteiger charge is -2.08. The molecule has 0 atom stereocenters. The van der Waals surface area contributed by atoms with E-state index in [9.17, 15) is 4.79 Å². The number of rotatable bonds is 5. The van der Waals surface area contributed by atoms with Crippen LogP contribution in [0.15, 0.2) is 48.5 Å². The minimum atomic E-state index is -0.922. The first-order valence-corrected chi connectivity index (χ1v) is 6.94. The zero-order chi connectivity index (χ0) is 15.2. The molecular weight excluding hydrogens is 286 g/mol. The standard InChI is InChI=1S/C17H16ClNO2/c1-12-4-7-14(17(20)21)11-16(12)19-10-2-3-13-5-8-15(18)9-6-13/h2-9,11,19H,10H2,1H3,(H,20,21)/b3-2+. The van der Waals surface area contributed by atoms with Gasteiger partial charge in [-0.25, -0.2) is 4.79 Å². The van der Waals surface area contributed by atoms with Crippen LogP contribution in [0.1, 0.15) is 21.5 Å². The van der Waals surface area contributed by atoms with Crippen LogP contribution >= 0.6 is 11.6 Å². The van der Waals surface area contributed by atoms with Crippen LogP contribution in [-0.2, 0) is 0 Å². The van der Waals surface area contributed by atoms with Gasteiger partial charge in [0, 0.05) is 17.3 Å². The van der Waals surface area contributed by atoms with Gasteiger partial charge < -0.3 is 10.4 Å². The summed E-state index contributed by atoms with van der Waals surface area (Å²) in [6.07, 6.45) is 3.97. The van der Waals surface area contributed by atoms with E-state index >= 15 is 0 Å². The molecule has 0 unspecified atom stereocenters. The molecule has 0 heterocycles. The molecule has 0 aliphatic carbocycles. The molecule has 4 heteroatoms. The number of hydrogen-bond donors (Lipinski definition) is 2. The minimum absolute atomic E-state index is 0.282. The lowest BCUT2D eigenvalue weighted by molar-refractivity contribution is 0.0697. The molecule has 0 radical (unpaired) electrons. The number of halogens is 1. The van der Waals surface area contributed by atoms with Crippen LogP contribution in [0.4, 0.5) is 5.69 Å². The topological polar surface area (TPSA) is 49.3 Å². The van der Waals surface area contributed by atoms with Crippen LogP contribution < -0.4 is 5.32 Å². The van der Waals surface area contributed by atoms with Gasteiger partial charge in [0.1, 0.15) is 0 Å². The van der Waals surface area contributed by atoms with Gasteiger partial charge >= 0.3 is 5.97 Å². The van der Waals surface area contributed by atoms with E-state index in [1.54, 1.807) is 18.2 Å². The monoisotopic (exact) mass is 301 g/mol. The van der Waals surface area contributed by atoms with Crippen LogP contribution in [0.25, 0.3) is 6.08 Å². The first-order chi connectivity index (χ1) is 10.1. The summed E-state index contributed by atoms with van der Waals surface area (Å²) in [6.45, 7) is 2.56. The van der Waals surface area contributed by atoms with Crippen molar-refractivity contribution in [3.63, 3.8) is 0 Å². The quantitative estimate of drug-likeness (QED) is 0.856. The van der Waals surface area contributed by atoms with Gasteiger partial charge in [-0.3, -0.25) is 0 Å². The van der Waals surface area contributed by atoms with Gasteiger partial charge in [0.15, 0.2) is 0 Å². The fourth-order valence-corrected chi connectivity index (χ4v) is 2.01. The number of anilines is 1. The highest BCUT2D eigenvalue weighted by atomic mass is 35.5. The van der Waals surface area contributed by atoms with Gasteiger partial charge in [-0.05, 0) is 42.3 Å². The summed E-state index contributed by atoms with van der Waals surface area (Å²) < 4.78 is 0. The summed E-state index contributed by atoms with van der Waals surface area (Å²) in [5, 5.41) is 12.9. The Labute approximate surface area is 128 Å². The molecule has 0 spiro atoms. The fourth-order valence-electron chi connectivity index (χ4n) is 1.88. The number of aromatic carboxylic acids is 1. The second-order valence-corrected chi connectivity index (χ2v) is 5.11. The summed E-state index contributed by atoms with van der Waals surface area (Å²) in [5.74, 6) is -0.922. The Morgan fingerprint density at radius 3 is 2.62 bits per heavy atom. The highest BCUT2D eigenvalue weighted by Gasteiger charge is 2.05. The van der Waals surface area contributed by atoms with Gasteiger partial charge in [-0.15, -0.1) is 0 Å².